The van der Waals surface area contributed by atoms with Crippen LogP contribution in [-0.2, 0) is 0 Å². The van der Waals surface area contributed by atoms with E-state index in [0.717, 1.165) is 0 Å². The van der Waals surface area contributed by atoms with Gasteiger partial charge in [0.05, 0.1) is 22.9 Å². The lowest BCUT2D eigenvalue weighted by Gasteiger charge is -2.12. The van der Waals surface area contributed by atoms with Crippen molar-refractivity contribution in [2.45, 2.75) is 6.92 Å². The molecule has 0 aliphatic carbocycles. The fourth-order valence-corrected chi connectivity index (χ4v) is 2.39. The summed E-state index contributed by atoms with van der Waals surface area (Å²) in [6, 6.07) is 11.6. The Labute approximate surface area is 151 Å². The maximum Gasteiger partial charge on any atom is 0.255 e. The highest BCUT2D eigenvalue weighted by molar-refractivity contribution is 6.32. The molecule has 0 heterocycles. The summed E-state index contributed by atoms with van der Waals surface area (Å²) < 4.78 is 5.35. The average molecular weight is 359 g/mol. The molecule has 2 aromatic carbocycles. The van der Waals surface area contributed by atoms with Gasteiger partial charge >= 0.3 is 0 Å². The lowest BCUT2D eigenvalue weighted by atomic mass is 10.1. The summed E-state index contributed by atoms with van der Waals surface area (Å²) in [7, 11) is 0. The third kappa shape index (κ3) is 4.84. The van der Waals surface area contributed by atoms with Gasteiger partial charge in [0, 0.05) is 12.1 Å². The maximum absolute atomic E-state index is 12.5. The predicted octanol–water partition coefficient (Wildman–Crippen LogP) is 3.91. The molecule has 0 unspecified atom stereocenters. The first-order valence-corrected chi connectivity index (χ1v) is 8.16. The van der Waals surface area contributed by atoms with Crippen LogP contribution in [0.5, 0.6) is 5.75 Å². The lowest BCUT2D eigenvalue weighted by Crippen LogP contribution is -2.25. The van der Waals surface area contributed by atoms with E-state index in [-0.39, 0.29) is 11.8 Å². The zero-order valence-corrected chi connectivity index (χ0v) is 14.6. The molecule has 0 aromatic heterocycles. The van der Waals surface area contributed by atoms with Gasteiger partial charge in [0.15, 0.2) is 0 Å². The Bertz CT molecular complexity index is 790. The molecule has 130 valence electrons. The number of anilines is 1. The van der Waals surface area contributed by atoms with Crippen LogP contribution in [-0.4, -0.2) is 25.0 Å². The van der Waals surface area contributed by atoms with Crippen LogP contribution in [0.15, 0.2) is 55.1 Å². The fraction of sp³-hybridized carbons (Fsp3) is 0.158. The summed E-state index contributed by atoms with van der Waals surface area (Å²) in [5.74, 6) is -0.139. The molecule has 2 rings (SSSR count). The van der Waals surface area contributed by atoms with E-state index in [1.165, 1.54) is 6.07 Å². The molecule has 2 aromatic rings. The number of halogens is 1. The van der Waals surface area contributed by atoms with E-state index < -0.39 is 0 Å². The van der Waals surface area contributed by atoms with Crippen LogP contribution in [0.2, 0.25) is 5.02 Å². The van der Waals surface area contributed by atoms with Crippen molar-refractivity contribution in [3.8, 4) is 5.75 Å². The quantitative estimate of drug-likeness (QED) is 0.737. The molecular formula is C19H19ClN2O3. The Morgan fingerprint density at radius 2 is 1.96 bits per heavy atom. The predicted molar refractivity (Wildman–Crippen MR) is 99.5 cm³/mol. The number of para-hydroxylation sites is 1. The van der Waals surface area contributed by atoms with Crippen molar-refractivity contribution in [3.05, 3.63) is 71.3 Å². The number of carbonyl (C=O) groups excluding carboxylic acids is 2. The van der Waals surface area contributed by atoms with E-state index in [1.807, 2.05) is 6.92 Å². The molecule has 0 saturated carbocycles. The highest BCUT2D eigenvalue weighted by Gasteiger charge is 2.14. The van der Waals surface area contributed by atoms with E-state index in [1.54, 1.807) is 42.5 Å². The van der Waals surface area contributed by atoms with E-state index in [2.05, 4.69) is 17.2 Å². The zero-order chi connectivity index (χ0) is 18.2. The van der Waals surface area contributed by atoms with E-state index in [9.17, 15) is 9.59 Å². The Morgan fingerprint density at radius 3 is 2.64 bits per heavy atom. The van der Waals surface area contributed by atoms with E-state index in [0.29, 0.717) is 40.7 Å². The fourth-order valence-electron chi connectivity index (χ4n) is 2.16. The van der Waals surface area contributed by atoms with Crippen molar-refractivity contribution in [1.82, 2.24) is 5.32 Å². The largest absolute Gasteiger partial charge is 0.492 e. The normalized spacial score (nSPS) is 10.0. The number of hydrogen-bond acceptors (Lipinski definition) is 3. The van der Waals surface area contributed by atoms with Crippen molar-refractivity contribution in [2.24, 2.45) is 0 Å². The Balaban J connectivity index is 2.19. The number of amides is 2. The van der Waals surface area contributed by atoms with Gasteiger partial charge in [-0.05, 0) is 37.3 Å². The first-order valence-electron chi connectivity index (χ1n) is 7.78. The third-order valence-electron chi connectivity index (χ3n) is 3.32. The molecule has 0 saturated heterocycles. The van der Waals surface area contributed by atoms with Crippen LogP contribution in [0, 0.1) is 0 Å². The zero-order valence-electron chi connectivity index (χ0n) is 13.8. The van der Waals surface area contributed by atoms with Crippen LogP contribution < -0.4 is 15.4 Å². The van der Waals surface area contributed by atoms with Gasteiger partial charge in [0.25, 0.3) is 11.8 Å². The minimum atomic E-state index is -0.367. The molecule has 0 spiro atoms. The smallest absolute Gasteiger partial charge is 0.255 e. The van der Waals surface area contributed by atoms with Gasteiger partial charge < -0.3 is 15.4 Å². The summed E-state index contributed by atoms with van der Waals surface area (Å²) in [6.07, 6.45) is 1.58. The highest BCUT2D eigenvalue weighted by Crippen LogP contribution is 2.26. The summed E-state index contributed by atoms with van der Waals surface area (Å²) in [6.45, 7) is 6.24. The lowest BCUT2D eigenvalue weighted by molar-refractivity contribution is 0.0959. The molecule has 0 fully saturated rings. The molecule has 0 bridgehead atoms. The summed E-state index contributed by atoms with van der Waals surface area (Å²) >= 11 is 6.12. The first kappa shape index (κ1) is 18.5. The Morgan fingerprint density at radius 1 is 1.20 bits per heavy atom. The molecule has 5 nitrogen and oxygen atoms in total. The number of benzene rings is 2. The standard InChI is InChI=1S/C19H19ClN2O3/c1-3-11-21-19(24)14-7-5-6-8-16(14)22-18(23)13-9-10-17(25-4-2)15(20)12-13/h3,5-10,12H,1,4,11H2,2H3,(H,21,24)(H,22,23). The van der Waals surface area contributed by atoms with Crippen molar-refractivity contribution in [1.29, 1.82) is 0 Å². The molecule has 0 atom stereocenters. The van der Waals surface area contributed by atoms with Gasteiger partial charge in [0.1, 0.15) is 5.75 Å². The second kappa shape index (κ2) is 8.89. The molecule has 0 radical (unpaired) electrons. The van der Waals surface area contributed by atoms with Crippen LogP contribution >= 0.6 is 11.6 Å². The minimum absolute atomic E-state index is 0.291. The van der Waals surface area contributed by atoms with Crippen molar-refractivity contribution in [2.75, 3.05) is 18.5 Å². The van der Waals surface area contributed by atoms with Crippen LogP contribution in [0.25, 0.3) is 0 Å². The molecule has 25 heavy (non-hydrogen) atoms. The SMILES string of the molecule is C=CCNC(=O)c1ccccc1NC(=O)c1ccc(OCC)c(Cl)c1. The first-order chi connectivity index (χ1) is 12.1. The topological polar surface area (TPSA) is 67.4 Å². The summed E-state index contributed by atoms with van der Waals surface area (Å²) in [5, 5.41) is 5.78. The number of nitrogens with one attached hydrogen (secondary N) is 2. The summed E-state index contributed by atoms with van der Waals surface area (Å²) in [4.78, 5) is 24.6. The van der Waals surface area contributed by atoms with Gasteiger partial charge in [0.2, 0.25) is 0 Å². The second-order valence-corrected chi connectivity index (χ2v) is 5.48. The monoisotopic (exact) mass is 358 g/mol. The molecule has 2 N–H and O–H groups in total. The van der Waals surface area contributed by atoms with Gasteiger partial charge in [-0.25, -0.2) is 0 Å². The molecular weight excluding hydrogens is 340 g/mol. The van der Waals surface area contributed by atoms with Crippen molar-refractivity contribution in [3.63, 3.8) is 0 Å². The van der Waals surface area contributed by atoms with Crippen LogP contribution in [0.4, 0.5) is 5.69 Å². The molecule has 0 aliphatic rings. The number of hydrogen-bond donors (Lipinski definition) is 2. The number of carbonyl (C=O) groups is 2. The molecule has 2 amide bonds. The number of rotatable bonds is 7. The number of ether oxygens (including phenoxy) is 1. The van der Waals surface area contributed by atoms with Gasteiger partial charge in [-0.2, -0.15) is 0 Å². The van der Waals surface area contributed by atoms with Crippen molar-refractivity contribution >= 4 is 29.1 Å². The van der Waals surface area contributed by atoms with Gasteiger partial charge in [-0.3, -0.25) is 9.59 Å². The van der Waals surface area contributed by atoms with Gasteiger partial charge in [-0.1, -0.05) is 29.8 Å². The van der Waals surface area contributed by atoms with Crippen LogP contribution in [0.1, 0.15) is 27.6 Å². The Kier molecular flexibility index (Phi) is 6.60. The third-order valence-corrected chi connectivity index (χ3v) is 3.62. The maximum atomic E-state index is 12.5. The minimum Gasteiger partial charge on any atom is -0.492 e. The molecule has 6 heteroatoms. The van der Waals surface area contributed by atoms with E-state index >= 15 is 0 Å². The second-order valence-electron chi connectivity index (χ2n) is 5.08. The summed E-state index contributed by atoms with van der Waals surface area (Å²) in [5.41, 5.74) is 1.16. The van der Waals surface area contributed by atoms with Crippen LogP contribution in [0.3, 0.4) is 0 Å². The molecule has 0 aliphatic heterocycles. The van der Waals surface area contributed by atoms with Gasteiger partial charge in [-0.15, -0.1) is 6.58 Å². The highest BCUT2D eigenvalue weighted by atomic mass is 35.5. The average Bonchev–Trinajstić information content (AvgIpc) is 2.62. The Hall–Kier alpha value is -2.79. The van der Waals surface area contributed by atoms with Crippen molar-refractivity contribution < 1.29 is 14.3 Å². The van der Waals surface area contributed by atoms with E-state index in [4.69, 9.17) is 16.3 Å².